The highest BCUT2D eigenvalue weighted by atomic mass is 16.5. The molecule has 1 fully saturated rings. The van der Waals surface area contributed by atoms with Crippen LogP contribution in [0, 0.1) is 0 Å². The van der Waals surface area contributed by atoms with E-state index in [4.69, 9.17) is 19.6 Å². The highest BCUT2D eigenvalue weighted by Gasteiger charge is 2.27. The lowest BCUT2D eigenvalue weighted by atomic mass is 9.93. The first kappa shape index (κ1) is 25.6. The van der Waals surface area contributed by atoms with Crippen molar-refractivity contribution >= 4 is 17.2 Å². The molecule has 0 spiro atoms. The van der Waals surface area contributed by atoms with Gasteiger partial charge in [0.2, 0.25) is 0 Å². The van der Waals surface area contributed by atoms with Crippen LogP contribution in [0.15, 0.2) is 60.7 Å². The van der Waals surface area contributed by atoms with E-state index in [1.807, 2.05) is 70.9 Å². The maximum Gasteiger partial charge on any atom is 0.272 e. The monoisotopic (exact) mass is 513 g/mol. The topological polar surface area (TPSA) is 72.2 Å². The zero-order valence-corrected chi connectivity index (χ0v) is 22.8. The smallest absolute Gasteiger partial charge is 0.272 e. The number of nitrogens with zero attached hydrogens (tertiary/aromatic N) is 5. The van der Waals surface area contributed by atoms with Gasteiger partial charge in [0.25, 0.3) is 5.91 Å². The van der Waals surface area contributed by atoms with Gasteiger partial charge in [0.05, 0.1) is 30.8 Å². The number of amides is 1. The molecule has 0 aliphatic carbocycles. The first-order chi connectivity index (χ1) is 18.3. The van der Waals surface area contributed by atoms with Crippen molar-refractivity contribution in [3.8, 4) is 22.8 Å². The van der Waals surface area contributed by atoms with Crippen molar-refractivity contribution in [3.05, 3.63) is 72.1 Å². The standard InChI is InChI=1S/C30H35N5O3/c1-6-38-26-14-10-8-12-23(26)33-15-17-34(18-16-33)29(36)22-19-24(21-11-7-9-13-25(21)37-5)35-28(31-22)20-27(32-35)30(2,3)4/h7-14,19-20H,6,15-18H2,1-5H3. The zero-order valence-electron chi connectivity index (χ0n) is 22.8. The number of methoxy groups -OCH3 is 1. The molecular formula is C30H35N5O3. The van der Waals surface area contributed by atoms with Gasteiger partial charge < -0.3 is 19.3 Å². The van der Waals surface area contributed by atoms with Crippen molar-refractivity contribution in [1.29, 1.82) is 0 Å². The van der Waals surface area contributed by atoms with Gasteiger partial charge in [0.1, 0.15) is 17.2 Å². The van der Waals surface area contributed by atoms with Crippen LogP contribution in [-0.4, -0.2) is 65.3 Å². The van der Waals surface area contributed by atoms with E-state index in [1.165, 1.54) is 0 Å². The van der Waals surface area contributed by atoms with E-state index >= 15 is 0 Å². The summed E-state index contributed by atoms with van der Waals surface area (Å²) in [6.45, 7) is 11.6. The zero-order chi connectivity index (χ0) is 26.9. The molecule has 38 heavy (non-hydrogen) atoms. The fourth-order valence-corrected chi connectivity index (χ4v) is 4.81. The largest absolute Gasteiger partial charge is 0.496 e. The normalized spacial score (nSPS) is 14.1. The molecule has 4 aromatic rings. The highest BCUT2D eigenvalue weighted by molar-refractivity contribution is 5.94. The van der Waals surface area contributed by atoms with Gasteiger partial charge in [-0.25, -0.2) is 9.50 Å². The van der Waals surface area contributed by atoms with Gasteiger partial charge in [-0.05, 0) is 37.3 Å². The molecule has 1 saturated heterocycles. The quantitative estimate of drug-likeness (QED) is 0.359. The summed E-state index contributed by atoms with van der Waals surface area (Å²) < 4.78 is 13.3. The minimum absolute atomic E-state index is 0.0834. The van der Waals surface area contributed by atoms with Gasteiger partial charge in [0, 0.05) is 43.2 Å². The maximum absolute atomic E-state index is 13.8. The third-order valence-electron chi connectivity index (χ3n) is 6.87. The lowest BCUT2D eigenvalue weighted by Gasteiger charge is -2.36. The van der Waals surface area contributed by atoms with E-state index in [2.05, 4.69) is 31.7 Å². The first-order valence-electron chi connectivity index (χ1n) is 13.1. The molecule has 1 aliphatic rings. The molecule has 5 rings (SSSR count). The van der Waals surface area contributed by atoms with E-state index in [1.54, 1.807) is 7.11 Å². The van der Waals surface area contributed by atoms with Crippen LogP contribution in [0.1, 0.15) is 43.9 Å². The number of piperazine rings is 1. The van der Waals surface area contributed by atoms with E-state index in [0.29, 0.717) is 36.8 Å². The number of carbonyl (C=O) groups is 1. The first-order valence-corrected chi connectivity index (χ1v) is 13.1. The van der Waals surface area contributed by atoms with Crippen LogP contribution >= 0.6 is 0 Å². The van der Waals surface area contributed by atoms with Crippen molar-refractivity contribution < 1.29 is 14.3 Å². The number of fused-ring (bicyclic) bond motifs is 1. The number of hydrogen-bond donors (Lipinski definition) is 0. The molecule has 198 valence electrons. The molecular weight excluding hydrogens is 478 g/mol. The molecule has 8 nitrogen and oxygen atoms in total. The van der Waals surface area contributed by atoms with E-state index in [9.17, 15) is 4.79 Å². The Labute approximate surface area is 223 Å². The fourth-order valence-electron chi connectivity index (χ4n) is 4.81. The minimum Gasteiger partial charge on any atom is -0.496 e. The lowest BCUT2D eigenvalue weighted by molar-refractivity contribution is 0.0741. The molecule has 8 heteroatoms. The number of rotatable bonds is 6. The van der Waals surface area contributed by atoms with Gasteiger partial charge in [-0.1, -0.05) is 45.0 Å². The van der Waals surface area contributed by atoms with E-state index < -0.39 is 0 Å². The molecule has 3 heterocycles. The number of para-hydroxylation sites is 3. The van der Waals surface area contributed by atoms with Gasteiger partial charge in [-0.3, -0.25) is 4.79 Å². The molecule has 0 radical (unpaired) electrons. The van der Waals surface area contributed by atoms with Crippen LogP contribution in [0.2, 0.25) is 0 Å². The van der Waals surface area contributed by atoms with E-state index in [0.717, 1.165) is 41.5 Å². The predicted octanol–water partition coefficient (Wildman–Crippen LogP) is 5.06. The van der Waals surface area contributed by atoms with Crippen molar-refractivity contribution in [2.45, 2.75) is 33.1 Å². The number of hydrogen-bond acceptors (Lipinski definition) is 6. The van der Waals surface area contributed by atoms with Crippen molar-refractivity contribution in [3.63, 3.8) is 0 Å². The van der Waals surface area contributed by atoms with Crippen LogP contribution < -0.4 is 14.4 Å². The van der Waals surface area contributed by atoms with Crippen LogP contribution in [0.5, 0.6) is 11.5 Å². The summed E-state index contributed by atoms with van der Waals surface area (Å²) in [5, 5.41) is 4.87. The van der Waals surface area contributed by atoms with Crippen molar-refractivity contribution in [2.75, 3.05) is 44.8 Å². The van der Waals surface area contributed by atoms with Gasteiger partial charge >= 0.3 is 0 Å². The second-order valence-corrected chi connectivity index (χ2v) is 10.5. The third-order valence-corrected chi connectivity index (χ3v) is 6.87. The Balaban J connectivity index is 1.47. The van der Waals surface area contributed by atoms with Gasteiger partial charge in [0.15, 0.2) is 5.65 Å². The summed E-state index contributed by atoms with van der Waals surface area (Å²) in [6.07, 6.45) is 0. The summed E-state index contributed by atoms with van der Waals surface area (Å²) in [5.41, 5.74) is 4.49. The summed E-state index contributed by atoms with van der Waals surface area (Å²) in [7, 11) is 1.65. The van der Waals surface area contributed by atoms with Crippen molar-refractivity contribution in [2.24, 2.45) is 0 Å². The Morgan fingerprint density at radius 2 is 1.63 bits per heavy atom. The van der Waals surface area contributed by atoms with Crippen LogP contribution in [-0.2, 0) is 5.41 Å². The summed E-state index contributed by atoms with van der Waals surface area (Å²) in [5.74, 6) is 1.51. The molecule has 0 N–H and O–H groups in total. The minimum atomic E-state index is -0.163. The Morgan fingerprint density at radius 3 is 2.32 bits per heavy atom. The molecule has 1 amide bonds. The highest BCUT2D eigenvalue weighted by Crippen LogP contribution is 2.33. The van der Waals surface area contributed by atoms with Crippen molar-refractivity contribution in [1.82, 2.24) is 19.5 Å². The lowest BCUT2D eigenvalue weighted by Crippen LogP contribution is -2.49. The number of benzene rings is 2. The molecule has 0 atom stereocenters. The number of ether oxygens (including phenoxy) is 2. The molecule has 2 aromatic heterocycles. The maximum atomic E-state index is 13.8. The Morgan fingerprint density at radius 1 is 0.947 bits per heavy atom. The van der Waals surface area contributed by atoms with Gasteiger partial charge in [-0.15, -0.1) is 0 Å². The second-order valence-electron chi connectivity index (χ2n) is 10.5. The summed E-state index contributed by atoms with van der Waals surface area (Å²) in [6, 6.07) is 19.7. The van der Waals surface area contributed by atoms with Crippen LogP contribution in [0.3, 0.4) is 0 Å². The van der Waals surface area contributed by atoms with Gasteiger partial charge in [-0.2, -0.15) is 5.10 Å². The number of aromatic nitrogens is 3. The molecule has 2 aromatic carbocycles. The Bertz CT molecular complexity index is 1450. The Kier molecular flexibility index (Phi) is 6.97. The fraction of sp³-hybridized carbons (Fsp3) is 0.367. The number of carbonyl (C=O) groups excluding carboxylic acids is 1. The third kappa shape index (κ3) is 4.90. The molecule has 0 bridgehead atoms. The number of anilines is 1. The van der Waals surface area contributed by atoms with Crippen LogP contribution in [0.25, 0.3) is 16.9 Å². The summed E-state index contributed by atoms with van der Waals surface area (Å²) in [4.78, 5) is 22.7. The average molecular weight is 514 g/mol. The molecule has 0 saturated carbocycles. The SMILES string of the molecule is CCOc1ccccc1N1CCN(C(=O)c2cc(-c3ccccc3OC)n3nc(C(C)(C)C)cc3n2)CC1. The molecule has 1 aliphatic heterocycles. The predicted molar refractivity (Wildman–Crippen MR) is 149 cm³/mol. The molecule has 0 unspecified atom stereocenters. The second kappa shape index (κ2) is 10.4. The average Bonchev–Trinajstić information content (AvgIpc) is 3.38. The van der Waals surface area contributed by atoms with E-state index in [-0.39, 0.29) is 11.3 Å². The van der Waals surface area contributed by atoms with Crippen LogP contribution in [0.4, 0.5) is 5.69 Å². The Hall–Kier alpha value is -4.07. The summed E-state index contributed by atoms with van der Waals surface area (Å²) >= 11 is 0.